The van der Waals surface area contributed by atoms with Gasteiger partial charge in [0.25, 0.3) is 0 Å². The average Bonchev–Trinajstić information content (AvgIpc) is 2.76. The van der Waals surface area contributed by atoms with Crippen LogP contribution in [0.25, 0.3) is 0 Å². The highest BCUT2D eigenvalue weighted by atomic mass is 16.6. The van der Waals surface area contributed by atoms with Gasteiger partial charge in [0, 0.05) is 0 Å². The van der Waals surface area contributed by atoms with E-state index in [0.717, 1.165) is 38.5 Å². The second kappa shape index (κ2) is 6.49. The van der Waals surface area contributed by atoms with Gasteiger partial charge in [-0.3, -0.25) is 4.79 Å². The summed E-state index contributed by atoms with van der Waals surface area (Å²) in [6, 6.07) is 0. The lowest BCUT2D eigenvalue weighted by atomic mass is 9.72. The van der Waals surface area contributed by atoms with Crippen molar-refractivity contribution >= 4 is 5.97 Å². The summed E-state index contributed by atoms with van der Waals surface area (Å²) in [5.74, 6) is 0.0398. The molecule has 0 aliphatic heterocycles. The van der Waals surface area contributed by atoms with Crippen LogP contribution in [-0.4, -0.2) is 11.6 Å². The molecule has 0 amide bonds. The summed E-state index contributed by atoms with van der Waals surface area (Å²) in [6.45, 7) is 13.0. The molecule has 1 rings (SSSR count). The van der Waals surface area contributed by atoms with E-state index in [9.17, 15) is 4.79 Å². The molecule has 0 heterocycles. The summed E-state index contributed by atoms with van der Waals surface area (Å²) < 4.78 is 6.07. The fraction of sp³-hybridized carbons (Fsp3) is 0.944. The first kappa shape index (κ1) is 17.5. The van der Waals surface area contributed by atoms with Crippen LogP contribution in [0.3, 0.4) is 0 Å². The van der Waals surface area contributed by atoms with E-state index in [1.54, 1.807) is 0 Å². The molecule has 118 valence electrons. The highest BCUT2D eigenvalue weighted by molar-refractivity contribution is 5.77. The monoisotopic (exact) mass is 282 g/mol. The van der Waals surface area contributed by atoms with Crippen LogP contribution in [-0.2, 0) is 9.53 Å². The standard InChI is InChI=1S/C18H34O2/c1-7-11-17(6,14-16(3,4)5)15(19)20-18(8-2)12-9-10-13-18/h7-14H2,1-6H3. The van der Waals surface area contributed by atoms with Gasteiger partial charge in [-0.1, -0.05) is 41.0 Å². The molecule has 0 spiro atoms. The zero-order chi connectivity index (χ0) is 15.4. The van der Waals surface area contributed by atoms with E-state index in [2.05, 4.69) is 41.5 Å². The SMILES string of the molecule is CCCC(C)(CC(C)(C)C)C(=O)OC1(CC)CCCC1. The van der Waals surface area contributed by atoms with Crippen LogP contribution >= 0.6 is 0 Å². The summed E-state index contributed by atoms with van der Waals surface area (Å²) in [6.07, 6.45) is 8.29. The van der Waals surface area contributed by atoms with Crippen molar-refractivity contribution in [3.05, 3.63) is 0 Å². The van der Waals surface area contributed by atoms with Crippen LogP contribution in [0.4, 0.5) is 0 Å². The van der Waals surface area contributed by atoms with Gasteiger partial charge in [-0.2, -0.15) is 0 Å². The maximum atomic E-state index is 12.8. The minimum atomic E-state index is -0.336. The molecule has 0 bridgehead atoms. The Bertz CT molecular complexity index is 321. The molecule has 1 aliphatic rings. The molecule has 1 unspecified atom stereocenters. The number of carbonyl (C=O) groups is 1. The predicted molar refractivity (Wildman–Crippen MR) is 84.7 cm³/mol. The molecule has 0 aromatic rings. The van der Waals surface area contributed by atoms with Gasteiger partial charge in [0.1, 0.15) is 5.60 Å². The highest BCUT2D eigenvalue weighted by Crippen LogP contribution is 2.42. The third-order valence-corrected chi connectivity index (χ3v) is 4.68. The minimum absolute atomic E-state index is 0.0398. The Hall–Kier alpha value is -0.530. The molecular weight excluding hydrogens is 248 g/mol. The van der Waals surface area contributed by atoms with Crippen molar-refractivity contribution in [2.45, 2.75) is 98.5 Å². The zero-order valence-electron chi connectivity index (χ0n) is 14.5. The number of hydrogen-bond donors (Lipinski definition) is 0. The Kier molecular flexibility index (Phi) is 5.69. The Morgan fingerprint density at radius 1 is 1.10 bits per heavy atom. The second-order valence-corrected chi connectivity index (χ2v) is 8.18. The first-order valence-corrected chi connectivity index (χ1v) is 8.40. The Morgan fingerprint density at radius 2 is 1.65 bits per heavy atom. The lowest BCUT2D eigenvalue weighted by Gasteiger charge is -2.37. The summed E-state index contributed by atoms with van der Waals surface area (Å²) in [4.78, 5) is 12.8. The second-order valence-electron chi connectivity index (χ2n) is 8.18. The van der Waals surface area contributed by atoms with E-state index in [4.69, 9.17) is 4.74 Å². The van der Waals surface area contributed by atoms with Crippen molar-refractivity contribution in [1.82, 2.24) is 0 Å². The molecule has 0 N–H and O–H groups in total. The summed E-state index contributed by atoms with van der Waals surface area (Å²) >= 11 is 0. The molecule has 1 aliphatic carbocycles. The number of ether oxygens (including phenoxy) is 1. The highest BCUT2D eigenvalue weighted by Gasteiger charge is 2.43. The van der Waals surface area contributed by atoms with Crippen LogP contribution in [0.1, 0.15) is 92.9 Å². The normalized spacial score (nSPS) is 21.5. The van der Waals surface area contributed by atoms with Gasteiger partial charge < -0.3 is 4.74 Å². The zero-order valence-corrected chi connectivity index (χ0v) is 14.5. The summed E-state index contributed by atoms with van der Waals surface area (Å²) in [5.41, 5.74) is -0.347. The van der Waals surface area contributed by atoms with Crippen LogP contribution in [0.15, 0.2) is 0 Å². The maximum absolute atomic E-state index is 12.8. The van der Waals surface area contributed by atoms with E-state index in [1.165, 1.54) is 12.8 Å². The van der Waals surface area contributed by atoms with E-state index in [1.807, 2.05) is 0 Å². The maximum Gasteiger partial charge on any atom is 0.312 e. The lowest BCUT2D eigenvalue weighted by molar-refractivity contribution is -0.174. The van der Waals surface area contributed by atoms with Crippen molar-refractivity contribution in [1.29, 1.82) is 0 Å². The predicted octanol–water partition coefficient (Wildman–Crippen LogP) is 5.50. The first-order valence-electron chi connectivity index (χ1n) is 8.40. The largest absolute Gasteiger partial charge is 0.459 e. The Morgan fingerprint density at radius 3 is 2.05 bits per heavy atom. The molecular formula is C18H34O2. The summed E-state index contributed by atoms with van der Waals surface area (Å²) in [7, 11) is 0. The smallest absolute Gasteiger partial charge is 0.312 e. The van der Waals surface area contributed by atoms with Gasteiger partial charge in [-0.15, -0.1) is 0 Å². The topological polar surface area (TPSA) is 26.3 Å². The summed E-state index contributed by atoms with van der Waals surface area (Å²) in [5, 5.41) is 0. The van der Waals surface area contributed by atoms with Crippen molar-refractivity contribution in [3.8, 4) is 0 Å². The van der Waals surface area contributed by atoms with Gasteiger partial charge in [0.15, 0.2) is 0 Å². The van der Waals surface area contributed by atoms with Crippen molar-refractivity contribution in [2.24, 2.45) is 10.8 Å². The molecule has 20 heavy (non-hydrogen) atoms. The van der Waals surface area contributed by atoms with Crippen LogP contribution in [0.2, 0.25) is 0 Å². The van der Waals surface area contributed by atoms with Crippen LogP contribution < -0.4 is 0 Å². The molecule has 1 fully saturated rings. The molecule has 2 nitrogen and oxygen atoms in total. The first-order chi connectivity index (χ1) is 9.16. The molecule has 2 heteroatoms. The number of hydrogen-bond acceptors (Lipinski definition) is 2. The van der Waals surface area contributed by atoms with Crippen molar-refractivity contribution < 1.29 is 9.53 Å². The quantitative estimate of drug-likeness (QED) is 0.602. The fourth-order valence-electron chi connectivity index (χ4n) is 3.85. The van der Waals surface area contributed by atoms with Gasteiger partial charge in [0.05, 0.1) is 5.41 Å². The lowest BCUT2D eigenvalue weighted by Crippen LogP contribution is -2.40. The van der Waals surface area contributed by atoms with Gasteiger partial charge >= 0.3 is 5.97 Å². The third kappa shape index (κ3) is 4.49. The van der Waals surface area contributed by atoms with E-state index in [0.29, 0.717) is 0 Å². The Labute approximate surface area is 125 Å². The number of carbonyl (C=O) groups excluding carboxylic acids is 1. The Balaban J connectivity index is 2.83. The number of rotatable bonds is 6. The number of esters is 1. The fourth-order valence-corrected chi connectivity index (χ4v) is 3.85. The molecule has 0 aromatic heterocycles. The average molecular weight is 282 g/mol. The minimum Gasteiger partial charge on any atom is -0.459 e. The van der Waals surface area contributed by atoms with Crippen LogP contribution in [0, 0.1) is 10.8 Å². The van der Waals surface area contributed by atoms with Gasteiger partial charge in [-0.05, 0) is 57.3 Å². The third-order valence-electron chi connectivity index (χ3n) is 4.68. The van der Waals surface area contributed by atoms with Crippen molar-refractivity contribution in [3.63, 3.8) is 0 Å². The molecule has 1 atom stereocenters. The van der Waals surface area contributed by atoms with Crippen molar-refractivity contribution in [2.75, 3.05) is 0 Å². The molecule has 0 saturated heterocycles. The molecule has 0 aromatic carbocycles. The molecule has 0 radical (unpaired) electrons. The van der Waals surface area contributed by atoms with Crippen LogP contribution in [0.5, 0.6) is 0 Å². The van der Waals surface area contributed by atoms with E-state index in [-0.39, 0.29) is 22.4 Å². The van der Waals surface area contributed by atoms with Gasteiger partial charge in [-0.25, -0.2) is 0 Å². The van der Waals surface area contributed by atoms with E-state index >= 15 is 0 Å². The molecule has 1 saturated carbocycles. The van der Waals surface area contributed by atoms with E-state index < -0.39 is 0 Å². The van der Waals surface area contributed by atoms with Gasteiger partial charge in [0.2, 0.25) is 0 Å².